The molecule has 2 aromatic heterocycles. The fourth-order valence-electron chi connectivity index (χ4n) is 2.91. The molecule has 0 aliphatic rings. The van der Waals surface area contributed by atoms with Gasteiger partial charge in [0.2, 0.25) is 0 Å². The molecule has 0 radical (unpaired) electrons. The van der Waals surface area contributed by atoms with Crippen LogP contribution in [0.1, 0.15) is 11.1 Å². The molecule has 0 saturated carbocycles. The third-order valence-electron chi connectivity index (χ3n) is 4.38. The number of rotatable bonds is 6. The number of aromatic nitrogens is 4. The van der Waals surface area contributed by atoms with E-state index >= 15 is 0 Å². The first-order valence-corrected chi connectivity index (χ1v) is 10.4. The summed E-state index contributed by atoms with van der Waals surface area (Å²) in [7, 11) is 0. The van der Waals surface area contributed by atoms with Crippen LogP contribution in [-0.2, 0) is 13.1 Å². The first kappa shape index (κ1) is 21.3. The number of hydrogen-bond acceptors (Lipinski definition) is 3. The summed E-state index contributed by atoms with van der Waals surface area (Å²) in [6.45, 7) is 1.04. The summed E-state index contributed by atoms with van der Waals surface area (Å²) >= 11 is 17.4. The lowest BCUT2D eigenvalue weighted by Crippen LogP contribution is -2.19. The topological polar surface area (TPSA) is 59.7 Å². The van der Waals surface area contributed by atoms with Crippen LogP contribution in [-0.4, -0.2) is 24.7 Å². The van der Waals surface area contributed by atoms with E-state index in [9.17, 15) is 4.39 Å². The summed E-state index contributed by atoms with van der Waals surface area (Å²) < 4.78 is 16.7. The Kier molecular flexibility index (Phi) is 6.50. The van der Waals surface area contributed by atoms with E-state index in [0.29, 0.717) is 39.8 Å². The summed E-state index contributed by atoms with van der Waals surface area (Å²) in [5, 5.41) is 16.3. The van der Waals surface area contributed by atoms with Crippen LogP contribution in [0.25, 0.3) is 0 Å². The van der Waals surface area contributed by atoms with Crippen LogP contribution in [0, 0.1) is 5.82 Å². The first-order chi connectivity index (χ1) is 14.9. The second-order valence-electron chi connectivity index (χ2n) is 6.77. The van der Waals surface area contributed by atoms with Crippen LogP contribution in [0.15, 0.2) is 67.1 Å². The highest BCUT2D eigenvalue weighted by atomic mass is 35.5. The molecule has 2 heterocycles. The second-order valence-corrected chi connectivity index (χ2v) is 8.02. The minimum absolute atomic E-state index is 0.358. The van der Waals surface area contributed by atoms with Crippen molar-refractivity contribution < 1.29 is 4.39 Å². The van der Waals surface area contributed by atoms with Gasteiger partial charge in [-0.15, -0.1) is 0 Å². The van der Waals surface area contributed by atoms with E-state index in [4.69, 9.17) is 35.4 Å². The molecule has 0 unspecified atom stereocenters. The van der Waals surface area contributed by atoms with E-state index in [2.05, 4.69) is 20.8 Å². The highest BCUT2D eigenvalue weighted by Crippen LogP contribution is 2.19. The van der Waals surface area contributed by atoms with E-state index in [0.717, 1.165) is 11.1 Å². The average molecular weight is 475 g/mol. The van der Waals surface area contributed by atoms with Crippen LogP contribution in [0.3, 0.4) is 0 Å². The van der Waals surface area contributed by atoms with Gasteiger partial charge in [0.15, 0.2) is 10.9 Å². The maximum Gasteiger partial charge on any atom is 0.176 e. The molecule has 0 aliphatic heterocycles. The van der Waals surface area contributed by atoms with Crippen molar-refractivity contribution in [1.82, 2.24) is 19.6 Å². The Morgan fingerprint density at radius 1 is 1.00 bits per heavy atom. The molecular weight excluding hydrogens is 458 g/mol. The van der Waals surface area contributed by atoms with Gasteiger partial charge in [0.1, 0.15) is 5.82 Å². The Labute approximate surface area is 193 Å². The fourth-order valence-corrected chi connectivity index (χ4v) is 3.49. The molecule has 4 rings (SSSR count). The zero-order valence-corrected chi connectivity index (χ0v) is 18.4. The molecular formula is C21H17Cl2FN6S. The molecule has 2 N–H and O–H groups in total. The standard InChI is InChI=1S/C21H17Cl2FN6S/c22-16-4-1-14(2-5-16)11-29-8-7-20(28-29)27-21(31)26-18-10-25-30(13-18)12-15-3-6-17(24)9-19(15)23/h1-10,13H,11-12H2,(H2,26,27,28,31). The highest BCUT2D eigenvalue weighted by Gasteiger charge is 2.07. The average Bonchev–Trinajstić information content (AvgIpc) is 3.35. The third kappa shape index (κ3) is 5.81. The van der Waals surface area contributed by atoms with Gasteiger partial charge in [0, 0.05) is 28.5 Å². The van der Waals surface area contributed by atoms with Gasteiger partial charge in [-0.05, 0) is 47.6 Å². The normalized spacial score (nSPS) is 10.8. The Bertz CT molecular complexity index is 1200. The zero-order chi connectivity index (χ0) is 21.8. The predicted molar refractivity (Wildman–Crippen MR) is 125 cm³/mol. The summed E-state index contributed by atoms with van der Waals surface area (Å²) in [6.07, 6.45) is 5.29. The van der Waals surface area contributed by atoms with Crippen LogP contribution in [0.4, 0.5) is 15.9 Å². The Morgan fingerprint density at radius 3 is 2.58 bits per heavy atom. The van der Waals surface area contributed by atoms with Gasteiger partial charge < -0.3 is 10.6 Å². The molecule has 0 atom stereocenters. The largest absolute Gasteiger partial charge is 0.330 e. The van der Waals surface area contributed by atoms with Gasteiger partial charge in [0.25, 0.3) is 0 Å². The van der Waals surface area contributed by atoms with Crippen molar-refractivity contribution in [3.63, 3.8) is 0 Å². The number of benzene rings is 2. The van der Waals surface area contributed by atoms with Crippen LogP contribution in [0.5, 0.6) is 0 Å². The number of hydrogen-bond donors (Lipinski definition) is 2. The SMILES string of the molecule is Fc1ccc(Cn2cc(NC(=S)Nc3ccn(Cc4ccc(Cl)cc4)n3)cn2)c(Cl)c1. The van der Waals surface area contributed by atoms with Crippen molar-refractivity contribution in [3.05, 3.63) is 94.1 Å². The summed E-state index contributed by atoms with van der Waals surface area (Å²) in [4.78, 5) is 0. The molecule has 6 nitrogen and oxygen atoms in total. The van der Waals surface area contributed by atoms with Gasteiger partial charge in [-0.3, -0.25) is 9.36 Å². The zero-order valence-electron chi connectivity index (χ0n) is 16.1. The van der Waals surface area contributed by atoms with Crippen LogP contribution < -0.4 is 10.6 Å². The lowest BCUT2D eigenvalue weighted by atomic mass is 10.2. The fraction of sp³-hybridized carbons (Fsp3) is 0.0952. The van der Waals surface area contributed by atoms with Crippen LogP contribution >= 0.6 is 35.4 Å². The minimum atomic E-state index is -0.372. The molecule has 158 valence electrons. The quantitative estimate of drug-likeness (QED) is 0.364. The van der Waals surface area contributed by atoms with Gasteiger partial charge in [0.05, 0.1) is 25.0 Å². The predicted octanol–water partition coefficient (Wildman–Crippen LogP) is 5.43. The molecule has 4 aromatic rings. The molecule has 0 fully saturated rings. The highest BCUT2D eigenvalue weighted by molar-refractivity contribution is 7.80. The summed E-state index contributed by atoms with van der Waals surface area (Å²) in [5.41, 5.74) is 2.56. The van der Waals surface area contributed by atoms with Crippen molar-refractivity contribution in [3.8, 4) is 0 Å². The van der Waals surface area contributed by atoms with Crippen LogP contribution in [0.2, 0.25) is 10.0 Å². The van der Waals surface area contributed by atoms with Crippen molar-refractivity contribution in [1.29, 1.82) is 0 Å². The van der Waals surface area contributed by atoms with E-state index in [1.807, 2.05) is 36.5 Å². The lowest BCUT2D eigenvalue weighted by molar-refractivity contribution is 0.624. The lowest BCUT2D eigenvalue weighted by Gasteiger charge is -2.07. The monoisotopic (exact) mass is 474 g/mol. The van der Waals surface area contributed by atoms with E-state index < -0.39 is 0 Å². The van der Waals surface area contributed by atoms with Gasteiger partial charge >= 0.3 is 0 Å². The minimum Gasteiger partial charge on any atom is -0.330 e. The maximum atomic E-state index is 13.2. The van der Waals surface area contributed by atoms with Gasteiger partial charge in [-0.1, -0.05) is 41.4 Å². The van der Waals surface area contributed by atoms with E-state index in [1.54, 1.807) is 27.8 Å². The molecule has 0 saturated heterocycles. The first-order valence-electron chi connectivity index (χ1n) is 9.27. The number of thiocarbonyl (C=S) groups is 1. The van der Waals surface area contributed by atoms with Crippen molar-refractivity contribution in [2.24, 2.45) is 0 Å². The number of nitrogens with zero attached hydrogens (tertiary/aromatic N) is 4. The smallest absolute Gasteiger partial charge is 0.176 e. The van der Waals surface area contributed by atoms with E-state index in [-0.39, 0.29) is 5.82 Å². The number of nitrogens with one attached hydrogen (secondary N) is 2. The van der Waals surface area contributed by atoms with Crippen molar-refractivity contribution in [2.75, 3.05) is 10.6 Å². The molecule has 0 bridgehead atoms. The number of anilines is 2. The maximum absolute atomic E-state index is 13.2. The number of halogens is 3. The molecule has 0 aliphatic carbocycles. The molecule has 31 heavy (non-hydrogen) atoms. The van der Waals surface area contributed by atoms with Gasteiger partial charge in [-0.25, -0.2) is 4.39 Å². The molecule has 0 spiro atoms. The molecule has 10 heteroatoms. The Hall–Kier alpha value is -2.94. The molecule has 0 amide bonds. The van der Waals surface area contributed by atoms with Crippen molar-refractivity contribution in [2.45, 2.75) is 13.1 Å². The summed E-state index contributed by atoms with van der Waals surface area (Å²) in [5.74, 6) is 0.251. The van der Waals surface area contributed by atoms with Crippen molar-refractivity contribution >= 4 is 52.0 Å². The second kappa shape index (κ2) is 9.47. The molecule has 2 aromatic carbocycles. The van der Waals surface area contributed by atoms with E-state index in [1.165, 1.54) is 12.1 Å². The third-order valence-corrected chi connectivity index (χ3v) is 5.19. The Balaban J connectivity index is 1.32. The van der Waals surface area contributed by atoms with Gasteiger partial charge in [-0.2, -0.15) is 10.2 Å². The summed E-state index contributed by atoms with van der Waals surface area (Å²) in [6, 6.07) is 13.7. The Morgan fingerprint density at radius 2 is 1.81 bits per heavy atom.